The zero-order valence-corrected chi connectivity index (χ0v) is 11.4. The van der Waals surface area contributed by atoms with Gasteiger partial charge in [-0.25, -0.2) is 4.39 Å². The molecule has 2 aromatic rings. The van der Waals surface area contributed by atoms with Gasteiger partial charge in [-0.2, -0.15) is 0 Å². The Kier molecular flexibility index (Phi) is 3.98. The number of carbonyl (C=O) groups is 1. The van der Waals surface area contributed by atoms with Crippen molar-refractivity contribution in [1.29, 1.82) is 0 Å². The molecular weight excluding hydrogens is 277 g/mol. The van der Waals surface area contributed by atoms with Crippen LogP contribution < -0.4 is 4.74 Å². The lowest BCUT2D eigenvalue weighted by Gasteiger charge is -2.11. The lowest BCUT2D eigenvalue weighted by atomic mass is 10.1. The zero-order chi connectivity index (χ0) is 15.6. The number of para-hydroxylation sites is 1. The number of hydrogen-bond donors (Lipinski definition) is 0. The second-order valence-corrected chi connectivity index (χ2v) is 4.48. The number of halogens is 1. The molecule has 0 spiro atoms. The molecule has 0 saturated carbocycles. The van der Waals surface area contributed by atoms with E-state index in [1.54, 1.807) is 13.0 Å². The molecule has 5 nitrogen and oxygen atoms in total. The van der Waals surface area contributed by atoms with Crippen LogP contribution in [0.3, 0.4) is 0 Å². The third kappa shape index (κ3) is 3.05. The predicted molar refractivity (Wildman–Crippen MR) is 74.3 cm³/mol. The quantitative estimate of drug-likeness (QED) is 0.484. The van der Waals surface area contributed by atoms with Crippen LogP contribution in [0.15, 0.2) is 36.4 Å². The summed E-state index contributed by atoms with van der Waals surface area (Å²) in [4.78, 5) is 22.0. The van der Waals surface area contributed by atoms with Crippen LogP contribution in [0.1, 0.15) is 22.8 Å². The number of aryl methyl sites for hydroxylation is 1. The molecule has 0 aromatic heterocycles. The minimum Gasteiger partial charge on any atom is -0.449 e. The van der Waals surface area contributed by atoms with Crippen LogP contribution >= 0.6 is 0 Å². The molecule has 0 aliphatic rings. The number of carbonyl (C=O) groups excluding carboxylic acids is 1. The van der Waals surface area contributed by atoms with Crippen molar-refractivity contribution < 1.29 is 18.8 Å². The minimum atomic E-state index is -0.577. The van der Waals surface area contributed by atoms with Crippen molar-refractivity contribution in [1.82, 2.24) is 0 Å². The zero-order valence-electron chi connectivity index (χ0n) is 11.4. The van der Waals surface area contributed by atoms with Gasteiger partial charge in [-0.05, 0) is 37.6 Å². The number of ether oxygens (including phenoxy) is 1. The third-order valence-electron chi connectivity index (χ3n) is 2.92. The maximum absolute atomic E-state index is 13.2. The summed E-state index contributed by atoms with van der Waals surface area (Å²) >= 11 is 0. The smallest absolute Gasteiger partial charge is 0.311 e. The third-order valence-corrected chi connectivity index (χ3v) is 2.92. The van der Waals surface area contributed by atoms with E-state index in [4.69, 9.17) is 4.74 Å². The topological polar surface area (TPSA) is 69.4 Å². The van der Waals surface area contributed by atoms with Gasteiger partial charge >= 0.3 is 5.69 Å². The molecule has 0 aliphatic carbocycles. The summed E-state index contributed by atoms with van der Waals surface area (Å²) in [7, 11) is 0. The maximum atomic E-state index is 13.2. The van der Waals surface area contributed by atoms with Crippen molar-refractivity contribution >= 4 is 11.5 Å². The normalized spacial score (nSPS) is 10.2. The summed E-state index contributed by atoms with van der Waals surface area (Å²) < 4.78 is 18.7. The summed E-state index contributed by atoms with van der Waals surface area (Å²) in [6.45, 7) is 2.92. The van der Waals surface area contributed by atoms with Crippen molar-refractivity contribution in [3.63, 3.8) is 0 Å². The molecule has 0 aliphatic heterocycles. The summed E-state index contributed by atoms with van der Waals surface area (Å²) in [6.07, 6.45) is 0. The molecule has 21 heavy (non-hydrogen) atoms. The van der Waals surface area contributed by atoms with Crippen LogP contribution in [-0.4, -0.2) is 10.7 Å². The van der Waals surface area contributed by atoms with Gasteiger partial charge < -0.3 is 4.74 Å². The highest BCUT2D eigenvalue weighted by Crippen LogP contribution is 2.35. The molecule has 0 bridgehead atoms. The molecule has 0 amide bonds. The molecule has 0 unspecified atom stereocenters. The number of nitro groups is 1. The van der Waals surface area contributed by atoms with Crippen molar-refractivity contribution in [2.24, 2.45) is 0 Å². The summed E-state index contributed by atoms with van der Waals surface area (Å²) in [6, 6.07) is 7.95. The Bertz CT molecular complexity index is 728. The van der Waals surface area contributed by atoms with E-state index in [2.05, 4.69) is 0 Å². The van der Waals surface area contributed by atoms with Gasteiger partial charge in [-0.1, -0.05) is 12.1 Å². The Balaban J connectivity index is 2.53. The highest BCUT2D eigenvalue weighted by atomic mass is 19.1. The van der Waals surface area contributed by atoms with Gasteiger partial charge in [0.25, 0.3) is 0 Å². The van der Waals surface area contributed by atoms with Crippen molar-refractivity contribution in [3.05, 3.63) is 63.5 Å². The van der Waals surface area contributed by atoms with Crippen LogP contribution in [0.4, 0.5) is 10.1 Å². The molecule has 0 radical (unpaired) electrons. The molecule has 0 saturated heterocycles. The van der Waals surface area contributed by atoms with Crippen LogP contribution in [0.2, 0.25) is 0 Å². The lowest BCUT2D eigenvalue weighted by molar-refractivity contribution is -0.385. The number of benzene rings is 2. The van der Waals surface area contributed by atoms with Crippen molar-refractivity contribution in [3.8, 4) is 11.5 Å². The van der Waals surface area contributed by atoms with Gasteiger partial charge in [0.15, 0.2) is 5.78 Å². The summed E-state index contributed by atoms with van der Waals surface area (Å²) in [5, 5.41) is 11.0. The van der Waals surface area contributed by atoms with Gasteiger partial charge in [0, 0.05) is 6.07 Å². The molecule has 0 fully saturated rings. The summed E-state index contributed by atoms with van der Waals surface area (Å²) in [5.74, 6) is -0.842. The highest BCUT2D eigenvalue weighted by molar-refractivity contribution is 5.97. The lowest BCUT2D eigenvalue weighted by Crippen LogP contribution is -2.01. The van der Waals surface area contributed by atoms with Crippen LogP contribution in [0.25, 0.3) is 0 Å². The van der Waals surface area contributed by atoms with Gasteiger partial charge in [-0.3, -0.25) is 14.9 Å². The Labute approximate surface area is 120 Å². The number of rotatable bonds is 4. The molecule has 2 aromatic carbocycles. The van der Waals surface area contributed by atoms with E-state index in [0.29, 0.717) is 5.56 Å². The average Bonchev–Trinajstić information content (AvgIpc) is 2.42. The first kappa shape index (κ1) is 14.6. The van der Waals surface area contributed by atoms with Gasteiger partial charge in [-0.15, -0.1) is 0 Å². The van der Waals surface area contributed by atoms with E-state index < -0.39 is 10.7 Å². The second kappa shape index (κ2) is 5.70. The molecular formula is C15H12FNO4. The van der Waals surface area contributed by atoms with Gasteiger partial charge in [0.05, 0.1) is 10.5 Å². The Hall–Kier alpha value is -2.76. The molecule has 108 valence electrons. The minimum absolute atomic E-state index is 0.0348. The predicted octanol–water partition coefficient (Wildman–Crippen LogP) is 4.04. The largest absolute Gasteiger partial charge is 0.449 e. The van der Waals surface area contributed by atoms with Crippen LogP contribution in [0.5, 0.6) is 11.5 Å². The second-order valence-electron chi connectivity index (χ2n) is 4.48. The van der Waals surface area contributed by atoms with Crippen molar-refractivity contribution in [2.75, 3.05) is 0 Å². The summed E-state index contributed by atoms with van der Waals surface area (Å²) in [5.41, 5.74) is 0.365. The number of ketones is 1. The van der Waals surface area contributed by atoms with E-state index in [1.807, 2.05) is 0 Å². The van der Waals surface area contributed by atoms with Crippen molar-refractivity contribution in [2.45, 2.75) is 13.8 Å². The molecule has 0 atom stereocenters. The highest BCUT2D eigenvalue weighted by Gasteiger charge is 2.20. The fraction of sp³-hybridized carbons (Fsp3) is 0.133. The SMILES string of the molecule is CC(=O)c1cc(F)ccc1Oc1c(C)cccc1[N+](=O)[O-]. The standard InChI is InChI=1S/C15H12FNO4/c1-9-4-3-5-13(17(19)20)15(9)21-14-7-6-11(16)8-12(14)10(2)18/h3-8H,1-2H3. The van der Waals surface area contributed by atoms with Gasteiger partial charge in [0.1, 0.15) is 11.6 Å². The average molecular weight is 289 g/mol. The fourth-order valence-electron chi connectivity index (χ4n) is 1.89. The number of nitro benzene ring substituents is 1. The molecule has 6 heteroatoms. The van der Waals surface area contributed by atoms with E-state index in [9.17, 15) is 19.3 Å². The first-order chi connectivity index (χ1) is 9.90. The number of nitrogens with zero attached hydrogens (tertiary/aromatic N) is 1. The Morgan fingerprint density at radius 1 is 1.29 bits per heavy atom. The Morgan fingerprint density at radius 3 is 2.62 bits per heavy atom. The van der Waals surface area contributed by atoms with E-state index in [-0.39, 0.29) is 28.5 Å². The van der Waals surface area contributed by atoms with Crippen LogP contribution in [-0.2, 0) is 0 Å². The van der Waals surface area contributed by atoms with Crippen LogP contribution in [0, 0.1) is 22.9 Å². The first-order valence-electron chi connectivity index (χ1n) is 6.12. The molecule has 0 N–H and O–H groups in total. The first-order valence-corrected chi connectivity index (χ1v) is 6.12. The molecule has 2 rings (SSSR count). The maximum Gasteiger partial charge on any atom is 0.311 e. The van der Waals surface area contributed by atoms with E-state index >= 15 is 0 Å². The molecule has 0 heterocycles. The van der Waals surface area contributed by atoms with E-state index in [0.717, 1.165) is 12.1 Å². The monoisotopic (exact) mass is 289 g/mol. The number of Topliss-reactive ketones (excluding diaryl/α,β-unsaturated/α-hetero) is 1. The fourth-order valence-corrected chi connectivity index (χ4v) is 1.89. The van der Waals surface area contributed by atoms with Gasteiger partial charge in [0.2, 0.25) is 5.75 Å². The number of hydrogen-bond acceptors (Lipinski definition) is 4. The Morgan fingerprint density at radius 2 is 2.00 bits per heavy atom. The van der Waals surface area contributed by atoms with E-state index in [1.165, 1.54) is 25.1 Å².